The lowest BCUT2D eigenvalue weighted by atomic mass is 9.99. The molecule has 144 valence electrons. The van der Waals surface area contributed by atoms with Gasteiger partial charge in [-0.15, -0.1) is 0 Å². The van der Waals surface area contributed by atoms with Crippen LogP contribution >= 0.6 is 0 Å². The SMILES string of the molecule is CC[C@@H](C)[C@@H](NC(=O)COC(=O)COc1cccc(C)c1C)C(=O)OC. The molecular weight excluding hydrogens is 338 g/mol. The molecule has 7 heteroatoms. The second kappa shape index (κ2) is 10.4. The fraction of sp³-hybridized carbons (Fsp3) is 0.526. The predicted molar refractivity (Wildman–Crippen MR) is 95.8 cm³/mol. The van der Waals surface area contributed by atoms with Gasteiger partial charge in [-0.2, -0.15) is 0 Å². The third kappa shape index (κ3) is 6.38. The highest BCUT2D eigenvalue weighted by atomic mass is 16.6. The Kier molecular flexibility index (Phi) is 8.61. The summed E-state index contributed by atoms with van der Waals surface area (Å²) in [5, 5.41) is 2.53. The maximum atomic E-state index is 11.9. The van der Waals surface area contributed by atoms with Crippen LogP contribution in [0.15, 0.2) is 18.2 Å². The van der Waals surface area contributed by atoms with Crippen LogP contribution in [0.5, 0.6) is 5.75 Å². The number of ether oxygens (including phenoxy) is 3. The monoisotopic (exact) mass is 365 g/mol. The number of esters is 2. The number of aryl methyl sites for hydroxylation is 1. The van der Waals surface area contributed by atoms with Gasteiger partial charge >= 0.3 is 11.9 Å². The Balaban J connectivity index is 2.47. The summed E-state index contributed by atoms with van der Waals surface area (Å²) in [4.78, 5) is 35.4. The van der Waals surface area contributed by atoms with Crippen molar-refractivity contribution < 1.29 is 28.6 Å². The number of carbonyl (C=O) groups excluding carboxylic acids is 3. The summed E-state index contributed by atoms with van der Waals surface area (Å²) in [6.07, 6.45) is 0.684. The van der Waals surface area contributed by atoms with Gasteiger partial charge in [-0.25, -0.2) is 9.59 Å². The number of carbonyl (C=O) groups is 3. The van der Waals surface area contributed by atoms with E-state index in [1.807, 2.05) is 39.8 Å². The minimum absolute atomic E-state index is 0.102. The zero-order valence-electron chi connectivity index (χ0n) is 16.0. The molecule has 1 aromatic rings. The lowest BCUT2D eigenvalue weighted by Gasteiger charge is -2.21. The Morgan fingerprint density at radius 3 is 2.46 bits per heavy atom. The van der Waals surface area contributed by atoms with Crippen LogP contribution in [0.2, 0.25) is 0 Å². The number of benzene rings is 1. The van der Waals surface area contributed by atoms with Crippen molar-refractivity contribution in [2.75, 3.05) is 20.3 Å². The Morgan fingerprint density at radius 2 is 1.85 bits per heavy atom. The molecule has 7 nitrogen and oxygen atoms in total. The summed E-state index contributed by atoms with van der Waals surface area (Å²) in [5.74, 6) is -1.28. The molecule has 0 aliphatic heterocycles. The third-order valence-electron chi connectivity index (χ3n) is 4.25. The van der Waals surface area contributed by atoms with Crippen LogP contribution in [0, 0.1) is 19.8 Å². The number of nitrogens with one attached hydrogen (secondary N) is 1. The van der Waals surface area contributed by atoms with E-state index in [4.69, 9.17) is 9.47 Å². The van der Waals surface area contributed by atoms with Crippen LogP contribution in [0.3, 0.4) is 0 Å². The van der Waals surface area contributed by atoms with Crippen molar-refractivity contribution in [3.63, 3.8) is 0 Å². The second-order valence-electron chi connectivity index (χ2n) is 6.10. The van der Waals surface area contributed by atoms with Gasteiger partial charge in [-0.1, -0.05) is 32.4 Å². The summed E-state index contributed by atoms with van der Waals surface area (Å²) in [6, 6.07) is 4.76. The predicted octanol–water partition coefficient (Wildman–Crippen LogP) is 1.93. The molecule has 26 heavy (non-hydrogen) atoms. The summed E-state index contributed by atoms with van der Waals surface area (Å²) in [7, 11) is 1.26. The normalized spacial score (nSPS) is 12.7. The molecule has 0 aliphatic carbocycles. The van der Waals surface area contributed by atoms with Gasteiger partial charge in [0, 0.05) is 0 Å². The van der Waals surface area contributed by atoms with Gasteiger partial charge < -0.3 is 19.5 Å². The summed E-state index contributed by atoms with van der Waals surface area (Å²) < 4.78 is 15.0. The van der Waals surface area contributed by atoms with Crippen molar-refractivity contribution in [3.05, 3.63) is 29.3 Å². The molecule has 0 saturated heterocycles. The van der Waals surface area contributed by atoms with Gasteiger partial charge in [0.15, 0.2) is 13.2 Å². The summed E-state index contributed by atoms with van der Waals surface area (Å²) in [5.41, 5.74) is 1.99. The average molecular weight is 365 g/mol. The molecule has 2 atom stereocenters. The number of amides is 1. The van der Waals surface area contributed by atoms with Gasteiger partial charge in [-0.3, -0.25) is 4.79 Å². The van der Waals surface area contributed by atoms with E-state index in [0.29, 0.717) is 12.2 Å². The Morgan fingerprint density at radius 1 is 1.15 bits per heavy atom. The van der Waals surface area contributed by atoms with Gasteiger partial charge in [0.2, 0.25) is 0 Å². The van der Waals surface area contributed by atoms with Crippen LogP contribution in [-0.2, 0) is 23.9 Å². The van der Waals surface area contributed by atoms with Crippen LogP contribution in [0.4, 0.5) is 0 Å². The molecule has 0 fully saturated rings. The Bertz CT molecular complexity index is 643. The molecule has 1 rings (SSSR count). The molecule has 1 aromatic carbocycles. The topological polar surface area (TPSA) is 90.9 Å². The fourth-order valence-corrected chi connectivity index (χ4v) is 2.22. The molecule has 0 aromatic heterocycles. The zero-order valence-corrected chi connectivity index (χ0v) is 16.0. The minimum Gasteiger partial charge on any atom is -0.482 e. The molecule has 1 N–H and O–H groups in total. The molecule has 0 heterocycles. The van der Waals surface area contributed by atoms with E-state index in [1.165, 1.54) is 7.11 Å². The first-order valence-corrected chi connectivity index (χ1v) is 8.51. The number of methoxy groups -OCH3 is 1. The molecule has 1 amide bonds. The van der Waals surface area contributed by atoms with Crippen LogP contribution < -0.4 is 10.1 Å². The Hall–Kier alpha value is -2.57. The maximum absolute atomic E-state index is 11.9. The first kappa shape index (κ1) is 21.5. The van der Waals surface area contributed by atoms with Crippen molar-refractivity contribution in [2.24, 2.45) is 5.92 Å². The first-order chi connectivity index (χ1) is 12.3. The highest BCUT2D eigenvalue weighted by molar-refractivity contribution is 5.86. The van der Waals surface area contributed by atoms with Gasteiger partial charge in [0.05, 0.1) is 7.11 Å². The standard InChI is InChI=1S/C19H27NO6/c1-6-12(2)18(19(23)24-5)20-16(21)10-26-17(22)11-25-15-9-7-8-13(3)14(15)4/h7-9,12,18H,6,10-11H2,1-5H3,(H,20,21)/t12-,18-/m1/s1. The molecule has 0 saturated carbocycles. The molecule has 0 radical (unpaired) electrons. The highest BCUT2D eigenvalue weighted by Crippen LogP contribution is 2.20. The highest BCUT2D eigenvalue weighted by Gasteiger charge is 2.26. The Labute approximate surface area is 154 Å². The van der Waals surface area contributed by atoms with E-state index in [1.54, 1.807) is 6.07 Å². The quantitative estimate of drug-likeness (QED) is 0.673. The zero-order chi connectivity index (χ0) is 19.7. The molecule has 0 unspecified atom stereocenters. The van der Waals surface area contributed by atoms with E-state index in [2.05, 4.69) is 10.1 Å². The minimum atomic E-state index is -0.776. The van der Waals surface area contributed by atoms with Crippen molar-refractivity contribution in [1.82, 2.24) is 5.32 Å². The number of rotatable bonds is 9. The molecule has 0 bridgehead atoms. The largest absolute Gasteiger partial charge is 0.482 e. The smallest absolute Gasteiger partial charge is 0.344 e. The maximum Gasteiger partial charge on any atom is 0.344 e. The van der Waals surface area contributed by atoms with Gasteiger partial charge in [0.25, 0.3) is 5.91 Å². The average Bonchev–Trinajstić information content (AvgIpc) is 2.64. The lowest BCUT2D eigenvalue weighted by Crippen LogP contribution is -2.47. The van der Waals surface area contributed by atoms with Crippen molar-refractivity contribution in [2.45, 2.75) is 40.2 Å². The van der Waals surface area contributed by atoms with E-state index in [9.17, 15) is 14.4 Å². The third-order valence-corrected chi connectivity index (χ3v) is 4.25. The first-order valence-electron chi connectivity index (χ1n) is 8.51. The van der Waals surface area contributed by atoms with Crippen molar-refractivity contribution >= 4 is 17.8 Å². The van der Waals surface area contributed by atoms with Gasteiger partial charge in [0.1, 0.15) is 11.8 Å². The number of hydrogen-bond acceptors (Lipinski definition) is 6. The van der Waals surface area contributed by atoms with E-state index >= 15 is 0 Å². The van der Waals surface area contributed by atoms with Gasteiger partial charge in [-0.05, 0) is 37.0 Å². The summed E-state index contributed by atoms with van der Waals surface area (Å²) >= 11 is 0. The fourth-order valence-electron chi connectivity index (χ4n) is 2.22. The lowest BCUT2D eigenvalue weighted by molar-refractivity contribution is -0.152. The molecular formula is C19H27NO6. The van der Waals surface area contributed by atoms with Crippen molar-refractivity contribution in [3.8, 4) is 5.75 Å². The van der Waals surface area contributed by atoms with Crippen LogP contribution in [0.25, 0.3) is 0 Å². The van der Waals surface area contributed by atoms with Crippen molar-refractivity contribution in [1.29, 1.82) is 0 Å². The summed E-state index contributed by atoms with van der Waals surface area (Å²) in [6.45, 7) is 6.77. The van der Waals surface area contributed by atoms with Crippen LogP contribution in [0.1, 0.15) is 31.4 Å². The number of hydrogen-bond donors (Lipinski definition) is 1. The second-order valence-corrected chi connectivity index (χ2v) is 6.10. The van der Waals surface area contributed by atoms with E-state index in [0.717, 1.165) is 11.1 Å². The van der Waals surface area contributed by atoms with E-state index in [-0.39, 0.29) is 12.5 Å². The molecule has 0 spiro atoms. The molecule has 0 aliphatic rings. The van der Waals surface area contributed by atoms with E-state index < -0.39 is 30.5 Å². The van der Waals surface area contributed by atoms with Crippen LogP contribution in [-0.4, -0.2) is 44.2 Å².